The van der Waals surface area contributed by atoms with Crippen molar-refractivity contribution in [3.8, 4) is 17.1 Å². The van der Waals surface area contributed by atoms with E-state index in [1.54, 1.807) is 17.2 Å². The Kier molecular flexibility index (Phi) is 10.2. The Morgan fingerprint density at radius 1 is 1.06 bits per heavy atom. The fourth-order valence-electron chi connectivity index (χ4n) is 5.97. The van der Waals surface area contributed by atoms with Gasteiger partial charge in [-0.05, 0) is 70.5 Å². The second-order valence-electron chi connectivity index (χ2n) is 12.9. The first kappa shape index (κ1) is 34.3. The van der Waals surface area contributed by atoms with Crippen molar-refractivity contribution in [1.82, 2.24) is 19.8 Å². The third-order valence-electron chi connectivity index (χ3n) is 7.99. The average Bonchev–Trinajstić information content (AvgIpc) is 3.00. The molecule has 1 amide bonds. The molecule has 0 aliphatic carbocycles. The molecule has 1 N–H and O–H groups in total. The van der Waals surface area contributed by atoms with Crippen molar-refractivity contribution in [2.24, 2.45) is 0 Å². The van der Waals surface area contributed by atoms with Gasteiger partial charge in [0.05, 0.1) is 43.6 Å². The van der Waals surface area contributed by atoms with Crippen molar-refractivity contribution in [2.45, 2.75) is 63.7 Å². The van der Waals surface area contributed by atoms with Gasteiger partial charge in [-0.25, -0.2) is 22.6 Å². The first-order chi connectivity index (χ1) is 22.2. The minimum Gasteiger partial charge on any atom is -0.480 e. The lowest BCUT2D eigenvalue weighted by Gasteiger charge is -2.44. The molecule has 2 aliphatic heterocycles. The van der Waals surface area contributed by atoms with Crippen LogP contribution in [-0.4, -0.2) is 98.5 Å². The van der Waals surface area contributed by atoms with E-state index < -0.39 is 21.4 Å². The Morgan fingerprint density at radius 3 is 2.40 bits per heavy atom. The molecule has 2 aliphatic rings. The number of ether oxygens (including phenoxy) is 3. The second-order valence-corrected chi connectivity index (χ2v) is 14.6. The van der Waals surface area contributed by atoms with Crippen LogP contribution in [0.2, 0.25) is 0 Å². The summed E-state index contributed by atoms with van der Waals surface area (Å²) in [6, 6.07) is 9.31. The summed E-state index contributed by atoms with van der Waals surface area (Å²) in [6.45, 7) is 13.5. The molecule has 2 atom stereocenters. The van der Waals surface area contributed by atoms with Crippen molar-refractivity contribution >= 4 is 27.5 Å². The van der Waals surface area contributed by atoms with Crippen molar-refractivity contribution < 1.29 is 31.8 Å². The number of amides is 1. The topological polar surface area (TPSA) is 126 Å². The van der Waals surface area contributed by atoms with Crippen LogP contribution in [-0.2, 0) is 26.0 Å². The monoisotopic (exact) mass is 670 g/mol. The zero-order chi connectivity index (χ0) is 33.9. The van der Waals surface area contributed by atoms with E-state index in [-0.39, 0.29) is 45.9 Å². The molecule has 0 bridgehead atoms. The molecule has 2 fully saturated rings. The van der Waals surface area contributed by atoms with Crippen LogP contribution in [0.25, 0.3) is 11.3 Å². The summed E-state index contributed by atoms with van der Waals surface area (Å²) in [4.78, 5) is 27.1. The number of rotatable bonds is 8. The van der Waals surface area contributed by atoms with Gasteiger partial charge in [-0.1, -0.05) is 6.07 Å². The molecule has 0 radical (unpaired) electrons. The van der Waals surface area contributed by atoms with Gasteiger partial charge < -0.3 is 24.0 Å². The summed E-state index contributed by atoms with van der Waals surface area (Å²) in [5.74, 6) is -0.520. The number of carbonyl (C=O) groups is 1. The molecule has 14 heteroatoms. The van der Waals surface area contributed by atoms with Crippen molar-refractivity contribution in [3.63, 3.8) is 0 Å². The molecule has 2 aromatic heterocycles. The average molecular weight is 671 g/mol. The van der Waals surface area contributed by atoms with Gasteiger partial charge in [-0.15, -0.1) is 0 Å². The zero-order valence-electron chi connectivity index (χ0n) is 27.7. The van der Waals surface area contributed by atoms with Gasteiger partial charge in [0.2, 0.25) is 5.88 Å². The number of nitrogens with zero attached hydrogens (tertiary/aromatic N) is 5. The Morgan fingerprint density at radius 2 is 1.77 bits per heavy atom. The number of hydrogen-bond acceptors (Lipinski definition) is 10. The highest BCUT2D eigenvalue weighted by Crippen LogP contribution is 2.30. The molecule has 0 unspecified atom stereocenters. The number of carbonyl (C=O) groups excluding carboxylic acids is 1. The van der Waals surface area contributed by atoms with Crippen LogP contribution in [0.15, 0.2) is 53.7 Å². The van der Waals surface area contributed by atoms with Crippen LogP contribution < -0.4 is 14.4 Å². The predicted molar refractivity (Wildman–Crippen MR) is 177 cm³/mol. The highest BCUT2D eigenvalue weighted by atomic mass is 32.2. The van der Waals surface area contributed by atoms with E-state index in [4.69, 9.17) is 14.2 Å². The molecule has 5 rings (SSSR count). The van der Waals surface area contributed by atoms with E-state index in [0.717, 1.165) is 5.56 Å². The van der Waals surface area contributed by atoms with Crippen LogP contribution in [0.1, 0.15) is 40.2 Å². The maximum absolute atomic E-state index is 15.5. The number of methoxy groups -OCH3 is 1. The Hall–Kier alpha value is -4.01. The maximum atomic E-state index is 15.5. The number of aromatic nitrogens is 2. The highest BCUT2D eigenvalue weighted by Gasteiger charge is 2.35. The summed E-state index contributed by atoms with van der Waals surface area (Å²) in [5, 5.41) is 0. The Balaban J connectivity index is 1.29. The van der Waals surface area contributed by atoms with Crippen LogP contribution in [0, 0.1) is 5.82 Å². The number of pyridine rings is 2. The van der Waals surface area contributed by atoms with Crippen LogP contribution >= 0.6 is 0 Å². The molecule has 0 spiro atoms. The third-order valence-corrected chi connectivity index (χ3v) is 9.37. The number of benzene rings is 1. The van der Waals surface area contributed by atoms with E-state index in [2.05, 4.69) is 19.6 Å². The lowest BCUT2D eigenvalue weighted by Crippen LogP contribution is -2.59. The first-order valence-electron chi connectivity index (χ1n) is 15.6. The van der Waals surface area contributed by atoms with E-state index >= 15 is 4.39 Å². The van der Waals surface area contributed by atoms with E-state index in [9.17, 15) is 13.2 Å². The largest absolute Gasteiger partial charge is 0.480 e. The molecular weight excluding hydrogens is 627 g/mol. The van der Waals surface area contributed by atoms with Gasteiger partial charge in [-0.2, -0.15) is 0 Å². The maximum Gasteiger partial charge on any atom is 0.410 e. The summed E-state index contributed by atoms with van der Waals surface area (Å²) in [7, 11) is -2.77. The lowest BCUT2D eigenvalue weighted by molar-refractivity contribution is -0.0162. The van der Waals surface area contributed by atoms with Gasteiger partial charge in [-0.3, -0.25) is 14.6 Å². The molecule has 12 nitrogen and oxygen atoms in total. The summed E-state index contributed by atoms with van der Waals surface area (Å²) in [5.41, 5.74) is 1.55. The van der Waals surface area contributed by atoms with Gasteiger partial charge >= 0.3 is 6.09 Å². The highest BCUT2D eigenvalue weighted by molar-refractivity contribution is 7.92. The van der Waals surface area contributed by atoms with Gasteiger partial charge in [0.15, 0.2) is 4.90 Å². The quantitative estimate of drug-likeness (QED) is 0.359. The number of hydrogen-bond donors (Lipinski definition) is 1. The van der Waals surface area contributed by atoms with Gasteiger partial charge in [0, 0.05) is 56.6 Å². The number of nitrogens with one attached hydrogen (secondary N) is 1. The third kappa shape index (κ3) is 8.29. The molecular formula is C33H43FN6O6S. The van der Waals surface area contributed by atoms with Crippen LogP contribution in [0.3, 0.4) is 0 Å². The number of piperazine rings is 1. The van der Waals surface area contributed by atoms with Crippen molar-refractivity contribution in [3.05, 3.63) is 60.2 Å². The number of sulfonamides is 1. The second kappa shape index (κ2) is 14.0. The summed E-state index contributed by atoms with van der Waals surface area (Å²) in [6.07, 6.45) is 2.67. The standard InChI is InChI=1S/C33H43FN6O6S/c1-22-19-38(20-23(2)40(22)32(41)46-33(3,4)5)21-24-7-8-27(28(34)15-24)29-16-25(9-10-35-29)37-47(42,43)30-17-26(18-36-31(30)44-6)39-11-13-45-14-12-39/h7-10,15-18,22-23H,11-14,19-21H2,1-6H3,(H,35,37)/t22-,23+. The minimum atomic E-state index is -4.13. The number of anilines is 2. The number of halogens is 1. The normalized spacial score (nSPS) is 19.4. The fraction of sp³-hybridized carbons (Fsp3) is 0.485. The molecule has 4 heterocycles. The molecule has 254 valence electrons. The van der Waals surface area contributed by atoms with Crippen LogP contribution in [0.5, 0.6) is 5.88 Å². The first-order valence-corrected chi connectivity index (χ1v) is 17.1. The number of morpholine rings is 1. The molecule has 0 saturated carbocycles. The van der Waals surface area contributed by atoms with E-state index in [1.807, 2.05) is 45.6 Å². The van der Waals surface area contributed by atoms with Gasteiger partial charge in [0.25, 0.3) is 10.0 Å². The van der Waals surface area contributed by atoms with E-state index in [1.165, 1.54) is 37.6 Å². The molecule has 47 heavy (non-hydrogen) atoms. The van der Waals surface area contributed by atoms with Crippen LogP contribution in [0.4, 0.5) is 20.6 Å². The minimum absolute atomic E-state index is 0.0412. The predicted octanol–water partition coefficient (Wildman–Crippen LogP) is 4.76. The summed E-state index contributed by atoms with van der Waals surface area (Å²) < 4.78 is 61.4. The SMILES string of the molecule is COc1ncc(N2CCOCC2)cc1S(=O)(=O)Nc1ccnc(-c2ccc(CN3C[C@@H](C)N(C(=O)OC(C)(C)C)[C@@H](C)C3)cc2F)c1. The zero-order valence-corrected chi connectivity index (χ0v) is 28.5. The molecule has 3 aromatic rings. The molecule has 1 aromatic carbocycles. The van der Waals surface area contributed by atoms with Crippen molar-refractivity contribution in [2.75, 3.05) is 56.1 Å². The van der Waals surface area contributed by atoms with Crippen molar-refractivity contribution in [1.29, 1.82) is 0 Å². The summed E-state index contributed by atoms with van der Waals surface area (Å²) >= 11 is 0. The molecule has 2 saturated heterocycles. The lowest BCUT2D eigenvalue weighted by atomic mass is 10.0. The van der Waals surface area contributed by atoms with Gasteiger partial charge in [0.1, 0.15) is 11.4 Å². The Bertz CT molecular complexity index is 1680. The smallest absolute Gasteiger partial charge is 0.410 e. The Labute approximate surface area is 275 Å². The fourth-order valence-corrected chi connectivity index (χ4v) is 7.16. The van der Waals surface area contributed by atoms with E-state index in [0.29, 0.717) is 51.6 Å².